The lowest BCUT2D eigenvalue weighted by Gasteiger charge is -2.09. The van der Waals surface area contributed by atoms with Gasteiger partial charge in [-0.2, -0.15) is 0 Å². The molecule has 0 radical (unpaired) electrons. The molecule has 126 valence electrons. The first-order valence-electron chi connectivity index (χ1n) is 7.39. The smallest absolute Gasteiger partial charge is 0.250 e. The molecule has 1 N–H and O–H groups in total. The summed E-state index contributed by atoms with van der Waals surface area (Å²) in [5.41, 5.74) is 0.819. The van der Waals surface area contributed by atoms with Gasteiger partial charge in [0.15, 0.2) is 11.5 Å². The number of amides is 1. The van der Waals surface area contributed by atoms with E-state index in [0.717, 1.165) is 17.0 Å². The van der Waals surface area contributed by atoms with Gasteiger partial charge >= 0.3 is 0 Å². The molecule has 0 saturated heterocycles. The second-order valence-corrected chi connectivity index (χ2v) is 5.75. The molecule has 1 heterocycles. The summed E-state index contributed by atoms with van der Waals surface area (Å²) in [6, 6.07) is 5.42. The van der Waals surface area contributed by atoms with Crippen molar-refractivity contribution in [2.45, 2.75) is 13.3 Å². The number of aromatic nitrogens is 2. The summed E-state index contributed by atoms with van der Waals surface area (Å²) < 4.78 is 10.8. The first-order valence-corrected chi connectivity index (χ1v) is 8.21. The van der Waals surface area contributed by atoms with Crippen molar-refractivity contribution >= 4 is 28.5 Å². The van der Waals surface area contributed by atoms with E-state index in [0.29, 0.717) is 23.2 Å². The Balaban J connectivity index is 2.02. The van der Waals surface area contributed by atoms with Crippen molar-refractivity contribution in [1.82, 2.24) is 10.2 Å². The Morgan fingerprint density at radius 2 is 2.21 bits per heavy atom. The summed E-state index contributed by atoms with van der Waals surface area (Å²) in [5, 5.41) is 11.9. The number of nitrogens with one attached hydrogen (secondary N) is 1. The average Bonchev–Trinajstić information content (AvgIpc) is 3.05. The van der Waals surface area contributed by atoms with Crippen molar-refractivity contribution in [3.8, 4) is 11.5 Å². The summed E-state index contributed by atoms with van der Waals surface area (Å²) in [4.78, 5) is 11.9. The fourth-order valence-corrected chi connectivity index (χ4v) is 2.50. The largest absolute Gasteiger partial charge is 0.493 e. The predicted octanol–water partition coefficient (Wildman–Crippen LogP) is 3.33. The van der Waals surface area contributed by atoms with Gasteiger partial charge in [0.1, 0.15) is 11.6 Å². The van der Waals surface area contributed by atoms with Gasteiger partial charge in [-0.05, 0) is 30.2 Å². The minimum Gasteiger partial charge on any atom is -0.493 e. The number of ether oxygens (including phenoxy) is 2. The number of carbonyl (C=O) groups is 1. The SMILES string of the molecule is C=CCOc1ccc(/C=C/C(=O)Nc2nnc(CC)s2)cc1OC. The molecule has 0 aliphatic heterocycles. The van der Waals surface area contributed by atoms with Gasteiger partial charge in [-0.3, -0.25) is 10.1 Å². The Hall–Kier alpha value is -2.67. The number of hydrogen-bond acceptors (Lipinski definition) is 6. The average molecular weight is 345 g/mol. The van der Waals surface area contributed by atoms with Gasteiger partial charge in [0.05, 0.1) is 7.11 Å². The molecule has 0 saturated carbocycles. The van der Waals surface area contributed by atoms with Crippen LogP contribution in [0.3, 0.4) is 0 Å². The quantitative estimate of drug-likeness (QED) is 0.587. The van der Waals surface area contributed by atoms with Crippen LogP contribution in [0.2, 0.25) is 0 Å². The second kappa shape index (κ2) is 8.83. The lowest BCUT2D eigenvalue weighted by Crippen LogP contribution is -2.07. The number of nitrogens with zero attached hydrogens (tertiary/aromatic N) is 2. The van der Waals surface area contributed by atoms with Crippen molar-refractivity contribution < 1.29 is 14.3 Å². The van der Waals surface area contributed by atoms with Gasteiger partial charge in [-0.15, -0.1) is 10.2 Å². The molecule has 0 aliphatic carbocycles. The first-order chi connectivity index (χ1) is 11.7. The summed E-state index contributed by atoms with van der Waals surface area (Å²) >= 11 is 1.37. The minimum atomic E-state index is -0.264. The zero-order valence-electron chi connectivity index (χ0n) is 13.6. The zero-order chi connectivity index (χ0) is 17.4. The van der Waals surface area contributed by atoms with Crippen LogP contribution in [0.4, 0.5) is 5.13 Å². The highest BCUT2D eigenvalue weighted by molar-refractivity contribution is 7.15. The van der Waals surface area contributed by atoms with E-state index < -0.39 is 0 Å². The minimum absolute atomic E-state index is 0.264. The fourth-order valence-electron chi connectivity index (χ4n) is 1.82. The summed E-state index contributed by atoms with van der Waals surface area (Å²) in [7, 11) is 1.57. The normalized spacial score (nSPS) is 10.6. The maximum atomic E-state index is 11.9. The number of aryl methyl sites for hydroxylation is 1. The van der Waals surface area contributed by atoms with E-state index in [9.17, 15) is 4.79 Å². The van der Waals surface area contributed by atoms with Crippen molar-refractivity contribution in [2.75, 3.05) is 19.0 Å². The van der Waals surface area contributed by atoms with Crippen LogP contribution in [-0.2, 0) is 11.2 Å². The molecule has 24 heavy (non-hydrogen) atoms. The number of methoxy groups -OCH3 is 1. The monoisotopic (exact) mass is 345 g/mol. The second-order valence-electron chi connectivity index (χ2n) is 4.69. The van der Waals surface area contributed by atoms with Crippen LogP contribution in [-0.4, -0.2) is 29.8 Å². The Labute approximate surface area is 144 Å². The van der Waals surface area contributed by atoms with Crippen molar-refractivity contribution in [2.24, 2.45) is 0 Å². The van der Waals surface area contributed by atoms with E-state index in [1.54, 1.807) is 31.4 Å². The van der Waals surface area contributed by atoms with Crippen LogP contribution in [0.25, 0.3) is 6.08 Å². The van der Waals surface area contributed by atoms with E-state index in [4.69, 9.17) is 9.47 Å². The molecular weight excluding hydrogens is 326 g/mol. The van der Waals surface area contributed by atoms with Gasteiger partial charge in [0.25, 0.3) is 0 Å². The highest BCUT2D eigenvalue weighted by Gasteiger charge is 2.06. The summed E-state index contributed by atoms with van der Waals surface area (Å²) in [5.74, 6) is 0.954. The van der Waals surface area contributed by atoms with Crippen LogP contribution >= 0.6 is 11.3 Å². The molecule has 2 rings (SSSR count). The predicted molar refractivity (Wildman–Crippen MR) is 95.6 cm³/mol. The molecule has 0 spiro atoms. The van der Waals surface area contributed by atoms with Gasteiger partial charge in [0.2, 0.25) is 11.0 Å². The van der Waals surface area contributed by atoms with Crippen LogP contribution in [0, 0.1) is 0 Å². The third-order valence-electron chi connectivity index (χ3n) is 2.97. The molecule has 0 aliphatic rings. The maximum Gasteiger partial charge on any atom is 0.250 e. The molecular formula is C17H19N3O3S. The van der Waals surface area contributed by atoms with E-state index in [2.05, 4.69) is 22.1 Å². The van der Waals surface area contributed by atoms with Gasteiger partial charge in [-0.1, -0.05) is 37.0 Å². The zero-order valence-corrected chi connectivity index (χ0v) is 14.4. The van der Waals surface area contributed by atoms with Crippen molar-refractivity contribution in [1.29, 1.82) is 0 Å². The molecule has 1 amide bonds. The molecule has 0 fully saturated rings. The highest BCUT2D eigenvalue weighted by atomic mass is 32.1. The molecule has 0 bridgehead atoms. The number of benzene rings is 1. The molecule has 0 atom stereocenters. The van der Waals surface area contributed by atoms with Crippen LogP contribution in [0.15, 0.2) is 36.9 Å². The molecule has 2 aromatic rings. The summed E-state index contributed by atoms with van der Waals surface area (Å²) in [6.07, 6.45) is 5.58. The fraction of sp³-hybridized carbons (Fsp3) is 0.235. The molecule has 1 aromatic heterocycles. The van der Waals surface area contributed by atoms with Crippen LogP contribution in [0.5, 0.6) is 11.5 Å². The lowest BCUT2D eigenvalue weighted by atomic mass is 10.2. The van der Waals surface area contributed by atoms with E-state index in [1.807, 2.05) is 13.0 Å². The molecule has 7 heteroatoms. The Morgan fingerprint density at radius 1 is 1.38 bits per heavy atom. The summed E-state index contributed by atoms with van der Waals surface area (Å²) in [6.45, 7) is 6.00. The highest BCUT2D eigenvalue weighted by Crippen LogP contribution is 2.28. The number of hydrogen-bond donors (Lipinski definition) is 1. The van der Waals surface area contributed by atoms with E-state index >= 15 is 0 Å². The third-order valence-corrected chi connectivity index (χ3v) is 3.95. The molecule has 0 unspecified atom stereocenters. The number of rotatable bonds is 8. The Kier molecular flexibility index (Phi) is 6.51. The van der Waals surface area contributed by atoms with E-state index in [1.165, 1.54) is 17.4 Å². The van der Waals surface area contributed by atoms with E-state index in [-0.39, 0.29) is 5.91 Å². The number of anilines is 1. The Morgan fingerprint density at radius 3 is 2.88 bits per heavy atom. The third kappa shape index (κ3) is 4.92. The van der Waals surface area contributed by atoms with Crippen molar-refractivity contribution in [3.63, 3.8) is 0 Å². The number of carbonyl (C=O) groups excluding carboxylic acids is 1. The van der Waals surface area contributed by atoms with Crippen LogP contribution < -0.4 is 14.8 Å². The topological polar surface area (TPSA) is 73.3 Å². The molecule has 6 nitrogen and oxygen atoms in total. The van der Waals surface area contributed by atoms with Gasteiger partial charge < -0.3 is 9.47 Å². The molecule has 1 aromatic carbocycles. The Bertz CT molecular complexity index is 740. The van der Waals surface area contributed by atoms with Gasteiger partial charge in [0, 0.05) is 6.08 Å². The lowest BCUT2D eigenvalue weighted by molar-refractivity contribution is -0.111. The maximum absolute atomic E-state index is 11.9. The van der Waals surface area contributed by atoms with Crippen molar-refractivity contribution in [3.05, 3.63) is 47.5 Å². The first kappa shape index (κ1) is 17.7. The van der Waals surface area contributed by atoms with Crippen LogP contribution in [0.1, 0.15) is 17.5 Å². The van der Waals surface area contributed by atoms with Gasteiger partial charge in [-0.25, -0.2) is 0 Å². The standard InChI is InChI=1S/C17H19N3O3S/c1-4-10-23-13-8-6-12(11-14(13)22-3)7-9-15(21)18-17-20-19-16(5-2)24-17/h4,6-9,11H,1,5,10H2,2-3H3,(H,18,20,21)/b9-7+.